The van der Waals surface area contributed by atoms with Crippen molar-refractivity contribution < 1.29 is 0 Å². The maximum Gasteiger partial charge on any atom is 0.0467 e. The lowest BCUT2D eigenvalue weighted by molar-refractivity contribution is 1.27. The first-order chi connectivity index (χ1) is 10.3. The first-order valence-corrected chi connectivity index (χ1v) is 6.94. The first kappa shape index (κ1) is 13.2. The van der Waals surface area contributed by atoms with Crippen molar-refractivity contribution in [2.45, 2.75) is 0 Å². The fraction of sp³-hybridized carbons (Fsp3) is 0. The third kappa shape index (κ3) is 2.72. The molecule has 0 fully saturated rings. The average molecular weight is 271 g/mol. The molecule has 3 aromatic carbocycles. The van der Waals surface area contributed by atoms with Crippen LogP contribution in [0.5, 0.6) is 0 Å². The summed E-state index contributed by atoms with van der Waals surface area (Å²) >= 11 is 0. The summed E-state index contributed by atoms with van der Waals surface area (Å²) in [6.45, 7) is 8.05. The van der Waals surface area contributed by atoms with Gasteiger partial charge in [-0.15, -0.1) is 0 Å². The number of nitrogens with zero attached hydrogens (tertiary/aromatic N) is 1. The topological polar surface area (TPSA) is 3.24 Å². The summed E-state index contributed by atoms with van der Waals surface area (Å²) in [6.07, 6.45) is 0. The molecule has 1 heteroatoms. The van der Waals surface area contributed by atoms with E-state index in [-0.39, 0.29) is 0 Å². The highest BCUT2D eigenvalue weighted by Crippen LogP contribution is 2.32. The monoisotopic (exact) mass is 271 g/mol. The van der Waals surface area contributed by atoms with Gasteiger partial charge in [-0.1, -0.05) is 55.6 Å². The van der Waals surface area contributed by atoms with Gasteiger partial charge in [0.25, 0.3) is 0 Å². The van der Waals surface area contributed by atoms with E-state index < -0.39 is 0 Å². The predicted octanol–water partition coefficient (Wildman–Crippen LogP) is 3.98. The Kier molecular flexibility index (Phi) is 3.57. The second-order valence-electron chi connectivity index (χ2n) is 4.96. The summed E-state index contributed by atoms with van der Waals surface area (Å²) in [4.78, 5) is 2.22. The van der Waals surface area contributed by atoms with Gasteiger partial charge in [-0.3, -0.25) is 0 Å². The van der Waals surface area contributed by atoms with Crippen molar-refractivity contribution in [2.24, 2.45) is 0 Å². The van der Waals surface area contributed by atoms with E-state index >= 15 is 0 Å². The number of anilines is 3. The first-order valence-electron chi connectivity index (χ1n) is 6.94. The Bertz CT molecular complexity index is 783. The van der Waals surface area contributed by atoms with Gasteiger partial charge in [0.2, 0.25) is 0 Å². The van der Waals surface area contributed by atoms with Crippen LogP contribution in [0.3, 0.4) is 0 Å². The molecule has 1 nitrogen and oxygen atoms in total. The van der Waals surface area contributed by atoms with Crippen LogP contribution in [0.1, 0.15) is 0 Å². The van der Waals surface area contributed by atoms with E-state index in [4.69, 9.17) is 0 Å². The number of para-hydroxylation sites is 2. The Morgan fingerprint density at radius 2 is 1.05 bits per heavy atom. The molecule has 0 saturated heterocycles. The molecule has 0 heterocycles. The molecule has 102 valence electrons. The van der Waals surface area contributed by atoms with Gasteiger partial charge >= 0.3 is 0 Å². The summed E-state index contributed by atoms with van der Waals surface area (Å²) in [6, 6.07) is 26.8. The molecule has 0 spiro atoms. The van der Waals surface area contributed by atoms with Crippen molar-refractivity contribution in [3.8, 4) is 0 Å². The van der Waals surface area contributed by atoms with E-state index in [1.807, 2.05) is 42.5 Å². The molecule has 0 saturated carbocycles. The third-order valence-corrected chi connectivity index (χ3v) is 3.48. The SMILES string of the molecule is C=c1ccc(N(c2ccccc2)c2ccccc2)cc1=C. The van der Waals surface area contributed by atoms with Gasteiger partial charge in [-0.2, -0.15) is 0 Å². The fourth-order valence-corrected chi connectivity index (χ4v) is 2.35. The molecule has 3 aromatic rings. The molecular formula is C20H17N. The normalized spacial score (nSPS) is 10.3. The molecule has 21 heavy (non-hydrogen) atoms. The lowest BCUT2D eigenvalue weighted by Crippen LogP contribution is -2.22. The third-order valence-electron chi connectivity index (χ3n) is 3.48. The standard InChI is InChI=1S/C20H17N/c1-16-13-14-20(15-17(16)2)21(18-9-5-3-6-10-18)19-11-7-4-8-12-19/h3-15H,1-2H2. The molecule has 0 N–H and O–H groups in total. The predicted molar refractivity (Wildman–Crippen MR) is 91.4 cm³/mol. The Balaban J connectivity index is 2.19. The Hall–Kier alpha value is -2.80. The van der Waals surface area contributed by atoms with Crippen LogP contribution in [0.2, 0.25) is 0 Å². The van der Waals surface area contributed by atoms with E-state index in [0.29, 0.717) is 0 Å². The van der Waals surface area contributed by atoms with Gasteiger partial charge in [-0.05, 0) is 46.8 Å². The minimum atomic E-state index is 0.948. The van der Waals surface area contributed by atoms with Gasteiger partial charge in [0.15, 0.2) is 0 Å². The molecule has 0 bridgehead atoms. The van der Waals surface area contributed by atoms with Gasteiger partial charge < -0.3 is 4.90 Å². The zero-order valence-corrected chi connectivity index (χ0v) is 11.9. The largest absolute Gasteiger partial charge is 0.310 e. The number of rotatable bonds is 3. The Labute approximate surface area is 125 Å². The van der Waals surface area contributed by atoms with Crippen molar-refractivity contribution in [2.75, 3.05) is 4.90 Å². The van der Waals surface area contributed by atoms with E-state index in [0.717, 1.165) is 27.5 Å². The maximum absolute atomic E-state index is 4.06. The van der Waals surface area contributed by atoms with E-state index in [2.05, 4.69) is 54.5 Å². The molecule has 0 aliphatic carbocycles. The molecule has 0 aliphatic heterocycles. The van der Waals surface area contributed by atoms with Crippen LogP contribution in [0.25, 0.3) is 13.2 Å². The van der Waals surface area contributed by atoms with Crippen molar-refractivity contribution in [3.05, 3.63) is 89.3 Å². The summed E-state index contributed by atoms with van der Waals surface area (Å²) < 4.78 is 0. The van der Waals surface area contributed by atoms with Crippen molar-refractivity contribution in [1.82, 2.24) is 0 Å². The second kappa shape index (κ2) is 5.68. The molecule has 0 amide bonds. The lowest BCUT2D eigenvalue weighted by atomic mass is 10.1. The van der Waals surface area contributed by atoms with Gasteiger partial charge in [0.1, 0.15) is 0 Å². The maximum atomic E-state index is 4.06. The van der Waals surface area contributed by atoms with E-state index in [9.17, 15) is 0 Å². The highest BCUT2D eigenvalue weighted by Gasteiger charge is 2.10. The molecule has 0 aliphatic rings. The van der Waals surface area contributed by atoms with Crippen LogP contribution in [0.15, 0.2) is 78.9 Å². The Morgan fingerprint density at radius 1 is 0.524 bits per heavy atom. The van der Waals surface area contributed by atoms with Crippen LogP contribution in [0.4, 0.5) is 17.1 Å². The number of hydrogen-bond acceptors (Lipinski definition) is 1. The summed E-state index contributed by atoms with van der Waals surface area (Å²) in [5, 5.41) is 1.91. The van der Waals surface area contributed by atoms with Crippen LogP contribution in [-0.2, 0) is 0 Å². The van der Waals surface area contributed by atoms with Gasteiger partial charge in [0, 0.05) is 17.1 Å². The zero-order valence-electron chi connectivity index (χ0n) is 11.9. The van der Waals surface area contributed by atoms with Crippen LogP contribution < -0.4 is 15.3 Å². The Morgan fingerprint density at radius 3 is 1.52 bits per heavy atom. The summed E-state index contributed by atoms with van der Waals surface area (Å²) in [5.74, 6) is 0. The minimum Gasteiger partial charge on any atom is -0.310 e. The van der Waals surface area contributed by atoms with E-state index in [1.165, 1.54) is 0 Å². The summed E-state index contributed by atoms with van der Waals surface area (Å²) in [7, 11) is 0. The fourth-order valence-electron chi connectivity index (χ4n) is 2.35. The van der Waals surface area contributed by atoms with Crippen molar-refractivity contribution in [3.63, 3.8) is 0 Å². The van der Waals surface area contributed by atoms with Crippen LogP contribution in [-0.4, -0.2) is 0 Å². The number of benzene rings is 3. The quantitative estimate of drug-likeness (QED) is 0.696. The zero-order chi connectivity index (χ0) is 14.7. The minimum absolute atomic E-state index is 0.948. The van der Waals surface area contributed by atoms with Crippen molar-refractivity contribution >= 4 is 30.2 Å². The van der Waals surface area contributed by atoms with Crippen LogP contribution in [0, 0.1) is 0 Å². The highest BCUT2D eigenvalue weighted by atomic mass is 15.1. The summed E-state index contributed by atoms with van der Waals surface area (Å²) in [5.41, 5.74) is 3.34. The van der Waals surface area contributed by atoms with Crippen LogP contribution >= 0.6 is 0 Å². The highest BCUT2D eigenvalue weighted by molar-refractivity contribution is 5.76. The molecule has 0 atom stereocenters. The molecule has 0 aromatic heterocycles. The second-order valence-corrected chi connectivity index (χ2v) is 4.96. The van der Waals surface area contributed by atoms with Gasteiger partial charge in [0.05, 0.1) is 0 Å². The van der Waals surface area contributed by atoms with Crippen molar-refractivity contribution in [1.29, 1.82) is 0 Å². The molecular weight excluding hydrogens is 254 g/mol. The average Bonchev–Trinajstić information content (AvgIpc) is 2.53. The lowest BCUT2D eigenvalue weighted by Gasteiger charge is -2.25. The molecule has 3 rings (SSSR count). The molecule has 0 unspecified atom stereocenters. The smallest absolute Gasteiger partial charge is 0.0467 e. The van der Waals surface area contributed by atoms with Gasteiger partial charge in [-0.25, -0.2) is 0 Å². The number of hydrogen-bond donors (Lipinski definition) is 0. The molecule has 0 radical (unpaired) electrons. The van der Waals surface area contributed by atoms with E-state index in [1.54, 1.807) is 0 Å².